The molecular formula is C27H31N3O6. The molecular weight excluding hydrogens is 462 g/mol. The van der Waals surface area contributed by atoms with Crippen molar-refractivity contribution in [1.82, 2.24) is 15.1 Å². The summed E-state index contributed by atoms with van der Waals surface area (Å²) in [5, 5.41) is 3.02. The van der Waals surface area contributed by atoms with Crippen molar-refractivity contribution < 1.29 is 28.6 Å². The van der Waals surface area contributed by atoms with Crippen molar-refractivity contribution in [3.8, 4) is 11.5 Å². The first-order valence-electron chi connectivity index (χ1n) is 12.3. The molecule has 0 bridgehead atoms. The maximum atomic E-state index is 13.8. The quantitative estimate of drug-likeness (QED) is 0.664. The molecule has 1 atom stereocenters. The Kier molecular flexibility index (Phi) is 6.57. The van der Waals surface area contributed by atoms with E-state index in [1.54, 1.807) is 72.6 Å². The maximum Gasteiger partial charge on any atom is 0.256 e. The molecule has 190 valence electrons. The number of methoxy groups -OCH3 is 2. The van der Waals surface area contributed by atoms with Crippen molar-refractivity contribution in [2.75, 3.05) is 33.9 Å². The first-order valence-corrected chi connectivity index (χ1v) is 12.3. The number of hydrogen-bond donors (Lipinski definition) is 1. The van der Waals surface area contributed by atoms with Crippen molar-refractivity contribution in [2.45, 2.75) is 43.5 Å². The summed E-state index contributed by atoms with van der Waals surface area (Å²) in [5.74, 6) is 0.711. The zero-order valence-corrected chi connectivity index (χ0v) is 20.6. The number of carbonyl (C=O) groups excluding carboxylic acids is 3. The lowest BCUT2D eigenvalue weighted by molar-refractivity contribution is -0.128. The van der Waals surface area contributed by atoms with Gasteiger partial charge in [0.2, 0.25) is 5.91 Å². The SMILES string of the molecule is COc1ccc(C(=O)N2[C@H](C(=O)NC3CC3)COC23CCN(C(=O)c2cccc(OC)c2)CC3)cc1. The van der Waals surface area contributed by atoms with Crippen LogP contribution in [0.4, 0.5) is 0 Å². The fourth-order valence-corrected chi connectivity index (χ4v) is 4.96. The average molecular weight is 494 g/mol. The molecule has 0 radical (unpaired) electrons. The highest BCUT2D eigenvalue weighted by Crippen LogP contribution is 2.39. The Bertz CT molecular complexity index is 1140. The van der Waals surface area contributed by atoms with Gasteiger partial charge in [-0.05, 0) is 55.3 Å². The minimum Gasteiger partial charge on any atom is -0.497 e. The third kappa shape index (κ3) is 4.63. The number of nitrogens with one attached hydrogen (secondary N) is 1. The molecule has 0 aromatic heterocycles. The highest BCUT2D eigenvalue weighted by molar-refractivity contribution is 5.99. The zero-order valence-electron chi connectivity index (χ0n) is 20.6. The molecule has 1 N–H and O–H groups in total. The predicted molar refractivity (Wildman–Crippen MR) is 131 cm³/mol. The number of nitrogens with zero attached hydrogens (tertiary/aromatic N) is 2. The topological polar surface area (TPSA) is 97.4 Å². The van der Waals surface area contributed by atoms with E-state index >= 15 is 0 Å². The van der Waals surface area contributed by atoms with E-state index in [-0.39, 0.29) is 30.4 Å². The molecule has 2 aromatic carbocycles. The first kappa shape index (κ1) is 24.1. The smallest absolute Gasteiger partial charge is 0.256 e. The number of hydrogen-bond acceptors (Lipinski definition) is 6. The molecule has 2 aromatic rings. The lowest BCUT2D eigenvalue weighted by Gasteiger charge is -2.44. The van der Waals surface area contributed by atoms with Gasteiger partial charge in [-0.15, -0.1) is 0 Å². The van der Waals surface area contributed by atoms with Crippen molar-refractivity contribution >= 4 is 17.7 Å². The molecule has 36 heavy (non-hydrogen) atoms. The van der Waals surface area contributed by atoms with Gasteiger partial charge >= 0.3 is 0 Å². The number of amides is 3. The third-order valence-electron chi connectivity index (χ3n) is 7.19. The number of benzene rings is 2. The molecule has 5 rings (SSSR count). The molecule has 1 saturated carbocycles. The van der Waals surface area contributed by atoms with Crippen LogP contribution in [0.2, 0.25) is 0 Å². The van der Waals surface area contributed by atoms with E-state index in [1.807, 2.05) is 0 Å². The minimum atomic E-state index is -0.951. The molecule has 2 heterocycles. The van der Waals surface area contributed by atoms with Crippen LogP contribution in [0, 0.1) is 0 Å². The molecule has 0 unspecified atom stereocenters. The minimum absolute atomic E-state index is 0.0993. The fourth-order valence-electron chi connectivity index (χ4n) is 4.96. The van der Waals surface area contributed by atoms with Crippen molar-refractivity contribution in [2.24, 2.45) is 0 Å². The van der Waals surface area contributed by atoms with Crippen LogP contribution in [0.15, 0.2) is 48.5 Å². The van der Waals surface area contributed by atoms with Crippen LogP contribution in [-0.2, 0) is 9.53 Å². The second-order valence-electron chi connectivity index (χ2n) is 9.48. The summed E-state index contributed by atoms with van der Waals surface area (Å²) >= 11 is 0. The summed E-state index contributed by atoms with van der Waals surface area (Å²) < 4.78 is 16.7. The Hall–Kier alpha value is -3.59. The maximum absolute atomic E-state index is 13.8. The Labute approximate surface area is 210 Å². The van der Waals surface area contributed by atoms with Gasteiger partial charge in [0.15, 0.2) is 0 Å². The summed E-state index contributed by atoms with van der Waals surface area (Å²) in [6, 6.07) is 13.4. The number of ether oxygens (including phenoxy) is 3. The lowest BCUT2D eigenvalue weighted by Crippen LogP contribution is -2.60. The Morgan fingerprint density at radius 1 is 0.917 bits per heavy atom. The summed E-state index contributed by atoms with van der Waals surface area (Å²) in [6.07, 6.45) is 2.74. The fraction of sp³-hybridized carbons (Fsp3) is 0.444. The van der Waals surface area contributed by atoms with Crippen molar-refractivity contribution in [3.63, 3.8) is 0 Å². The van der Waals surface area contributed by atoms with Gasteiger partial charge in [-0.3, -0.25) is 19.3 Å². The van der Waals surface area contributed by atoms with E-state index in [9.17, 15) is 14.4 Å². The van der Waals surface area contributed by atoms with Gasteiger partial charge in [-0.1, -0.05) is 6.07 Å². The molecule has 9 nitrogen and oxygen atoms in total. The number of piperidine rings is 1. The Morgan fingerprint density at radius 3 is 2.25 bits per heavy atom. The largest absolute Gasteiger partial charge is 0.497 e. The van der Waals surface area contributed by atoms with Crippen LogP contribution in [0.5, 0.6) is 11.5 Å². The van der Waals surface area contributed by atoms with Crippen LogP contribution in [0.1, 0.15) is 46.4 Å². The van der Waals surface area contributed by atoms with E-state index in [2.05, 4.69) is 5.32 Å². The molecule has 3 amide bonds. The van der Waals surface area contributed by atoms with Gasteiger partial charge in [0.05, 0.1) is 20.8 Å². The van der Waals surface area contributed by atoms with Gasteiger partial charge in [-0.25, -0.2) is 0 Å². The second-order valence-corrected chi connectivity index (χ2v) is 9.48. The van der Waals surface area contributed by atoms with Crippen molar-refractivity contribution in [1.29, 1.82) is 0 Å². The molecule has 2 saturated heterocycles. The van der Waals surface area contributed by atoms with Gasteiger partial charge in [-0.2, -0.15) is 0 Å². The lowest BCUT2D eigenvalue weighted by atomic mass is 9.96. The number of carbonyl (C=O) groups is 3. The molecule has 1 spiro atoms. The molecule has 3 fully saturated rings. The highest BCUT2D eigenvalue weighted by Gasteiger charge is 2.54. The van der Waals surface area contributed by atoms with E-state index in [4.69, 9.17) is 14.2 Å². The van der Waals surface area contributed by atoms with Gasteiger partial charge in [0, 0.05) is 43.1 Å². The van der Waals surface area contributed by atoms with E-state index in [0.29, 0.717) is 48.6 Å². The highest BCUT2D eigenvalue weighted by atomic mass is 16.5. The summed E-state index contributed by atoms with van der Waals surface area (Å²) in [5.41, 5.74) is 0.0542. The normalized spacial score (nSPS) is 20.8. The molecule has 9 heteroatoms. The molecule has 2 aliphatic heterocycles. The molecule has 3 aliphatic rings. The van der Waals surface area contributed by atoms with E-state index < -0.39 is 11.8 Å². The zero-order chi connectivity index (χ0) is 25.3. The van der Waals surface area contributed by atoms with Gasteiger partial charge in [0.25, 0.3) is 11.8 Å². The number of rotatable bonds is 6. The summed E-state index contributed by atoms with van der Waals surface area (Å²) in [7, 11) is 3.13. The number of likely N-dealkylation sites (tertiary alicyclic amines) is 1. The van der Waals surface area contributed by atoms with Crippen LogP contribution < -0.4 is 14.8 Å². The first-order chi connectivity index (χ1) is 17.4. The summed E-state index contributed by atoms with van der Waals surface area (Å²) in [4.78, 5) is 43.4. The van der Waals surface area contributed by atoms with Crippen LogP contribution in [0.3, 0.4) is 0 Å². The summed E-state index contributed by atoms with van der Waals surface area (Å²) in [6.45, 7) is 0.934. The van der Waals surface area contributed by atoms with Gasteiger partial charge < -0.3 is 24.4 Å². The Morgan fingerprint density at radius 2 is 1.61 bits per heavy atom. The second kappa shape index (κ2) is 9.81. The van der Waals surface area contributed by atoms with Crippen LogP contribution >= 0.6 is 0 Å². The van der Waals surface area contributed by atoms with Crippen molar-refractivity contribution in [3.05, 3.63) is 59.7 Å². The van der Waals surface area contributed by atoms with Crippen LogP contribution in [0.25, 0.3) is 0 Å². The van der Waals surface area contributed by atoms with E-state index in [1.165, 1.54) is 0 Å². The monoisotopic (exact) mass is 493 g/mol. The van der Waals surface area contributed by atoms with E-state index in [0.717, 1.165) is 12.8 Å². The van der Waals surface area contributed by atoms with Crippen LogP contribution in [-0.4, -0.2) is 79.2 Å². The predicted octanol–water partition coefficient (Wildman–Crippen LogP) is 2.46. The average Bonchev–Trinajstić information content (AvgIpc) is 3.67. The molecule has 1 aliphatic carbocycles. The Balaban J connectivity index is 1.36. The third-order valence-corrected chi connectivity index (χ3v) is 7.19. The van der Waals surface area contributed by atoms with Gasteiger partial charge in [0.1, 0.15) is 23.3 Å². The standard InChI is InChI=1S/C27H31N3O6/c1-34-21-10-6-18(7-11-21)26(33)30-23(24(31)28-20-8-9-20)17-36-27(30)12-14-29(15-13-27)25(32)19-4-3-5-22(16-19)35-2/h3-7,10-11,16,20,23H,8-9,12-15,17H2,1-2H3,(H,28,31)/t23-/m0/s1.